The Bertz CT molecular complexity index is 472. The van der Waals surface area contributed by atoms with E-state index in [1.54, 1.807) is 18.2 Å². The zero-order valence-electron chi connectivity index (χ0n) is 9.29. The molecule has 0 aromatic heterocycles. The van der Waals surface area contributed by atoms with Crippen molar-refractivity contribution in [1.29, 1.82) is 0 Å². The highest BCUT2D eigenvalue weighted by molar-refractivity contribution is 7.92. The van der Waals surface area contributed by atoms with Gasteiger partial charge in [0.2, 0.25) is 0 Å². The molecule has 6 nitrogen and oxygen atoms in total. The molecule has 3 N–H and O–H groups in total. The van der Waals surface area contributed by atoms with E-state index in [4.69, 9.17) is 5.84 Å². The summed E-state index contributed by atoms with van der Waals surface area (Å²) in [5.74, 6) is 4.23. The summed E-state index contributed by atoms with van der Waals surface area (Å²) in [4.78, 5) is 11.5. The summed E-state index contributed by atoms with van der Waals surface area (Å²) in [5.41, 5.74) is 2.18. The van der Waals surface area contributed by atoms with Crippen molar-refractivity contribution in [3.8, 4) is 0 Å². The van der Waals surface area contributed by atoms with Gasteiger partial charge in [-0.2, -0.15) is 0 Å². The fourth-order valence-electron chi connectivity index (χ4n) is 1.33. The molecule has 0 aliphatic heterocycles. The standard InChI is InChI=1S/C10H14N2O4S/c1-16-10(13)9(7-12-11)17(14,15)8-5-3-2-4-6-8/h2-6,9,12H,7,11H2,1H3/t9-/m0/s1. The number of methoxy groups -OCH3 is 1. The Morgan fingerprint density at radius 3 is 2.47 bits per heavy atom. The Morgan fingerprint density at radius 2 is 2.00 bits per heavy atom. The largest absolute Gasteiger partial charge is 0.468 e. The van der Waals surface area contributed by atoms with Crippen molar-refractivity contribution >= 4 is 15.8 Å². The van der Waals surface area contributed by atoms with Crippen LogP contribution >= 0.6 is 0 Å². The molecule has 0 bridgehead atoms. The predicted octanol–water partition coefficient (Wildman–Crippen LogP) is -0.535. The first-order valence-electron chi connectivity index (χ1n) is 4.84. The lowest BCUT2D eigenvalue weighted by Crippen LogP contribution is -2.42. The second-order valence-electron chi connectivity index (χ2n) is 3.28. The number of sulfone groups is 1. The molecule has 0 amide bonds. The van der Waals surface area contributed by atoms with E-state index in [0.717, 1.165) is 7.11 Å². The van der Waals surface area contributed by atoms with Gasteiger partial charge in [0, 0.05) is 6.54 Å². The van der Waals surface area contributed by atoms with Gasteiger partial charge in [-0.3, -0.25) is 16.1 Å². The molecule has 17 heavy (non-hydrogen) atoms. The maximum absolute atomic E-state index is 12.1. The van der Waals surface area contributed by atoms with Crippen molar-refractivity contribution in [1.82, 2.24) is 5.43 Å². The van der Waals surface area contributed by atoms with Crippen LogP contribution in [0.2, 0.25) is 0 Å². The van der Waals surface area contributed by atoms with Gasteiger partial charge in [0.15, 0.2) is 15.1 Å². The number of hydrogen-bond acceptors (Lipinski definition) is 6. The number of carbonyl (C=O) groups excluding carboxylic acids is 1. The van der Waals surface area contributed by atoms with Crippen molar-refractivity contribution in [2.45, 2.75) is 10.1 Å². The lowest BCUT2D eigenvalue weighted by Gasteiger charge is -2.14. The highest BCUT2D eigenvalue weighted by Gasteiger charge is 2.34. The maximum Gasteiger partial charge on any atom is 0.325 e. The van der Waals surface area contributed by atoms with Crippen LogP contribution in [0.1, 0.15) is 0 Å². The molecule has 7 heteroatoms. The summed E-state index contributed by atoms with van der Waals surface area (Å²) in [7, 11) is -2.66. The summed E-state index contributed by atoms with van der Waals surface area (Å²) in [6, 6.07) is 7.69. The molecule has 0 fully saturated rings. The molecule has 1 atom stereocenters. The summed E-state index contributed by atoms with van der Waals surface area (Å²) < 4.78 is 28.7. The van der Waals surface area contributed by atoms with E-state index in [0.29, 0.717) is 0 Å². The molecule has 0 heterocycles. The summed E-state index contributed by atoms with van der Waals surface area (Å²) in [6.45, 7) is -0.204. The molecule has 94 valence electrons. The second kappa shape index (κ2) is 5.76. The number of nitrogens with two attached hydrogens (primary N) is 1. The van der Waals surface area contributed by atoms with Gasteiger partial charge in [0.25, 0.3) is 0 Å². The minimum atomic E-state index is -3.79. The number of carbonyl (C=O) groups is 1. The van der Waals surface area contributed by atoms with E-state index in [1.165, 1.54) is 12.1 Å². The smallest absolute Gasteiger partial charge is 0.325 e. The zero-order valence-corrected chi connectivity index (χ0v) is 10.1. The second-order valence-corrected chi connectivity index (χ2v) is 5.41. The fourth-order valence-corrected chi connectivity index (χ4v) is 2.86. The Morgan fingerprint density at radius 1 is 1.41 bits per heavy atom. The third-order valence-electron chi connectivity index (χ3n) is 2.21. The van der Waals surface area contributed by atoms with Gasteiger partial charge in [-0.25, -0.2) is 8.42 Å². The number of esters is 1. The van der Waals surface area contributed by atoms with Crippen LogP contribution in [0.15, 0.2) is 35.2 Å². The number of hydrogen-bond donors (Lipinski definition) is 2. The zero-order chi connectivity index (χ0) is 12.9. The quantitative estimate of drug-likeness (QED) is 0.418. The monoisotopic (exact) mass is 258 g/mol. The SMILES string of the molecule is COC(=O)[C@H](CNN)S(=O)(=O)c1ccccc1. The molecule has 0 unspecified atom stereocenters. The minimum absolute atomic E-state index is 0.0608. The van der Waals surface area contributed by atoms with E-state index in [9.17, 15) is 13.2 Å². The van der Waals surface area contributed by atoms with Gasteiger partial charge in [-0.1, -0.05) is 18.2 Å². The van der Waals surface area contributed by atoms with E-state index in [2.05, 4.69) is 10.2 Å². The number of benzene rings is 1. The molecule has 0 saturated carbocycles. The van der Waals surface area contributed by atoms with Crippen molar-refractivity contribution < 1.29 is 17.9 Å². The Hall–Kier alpha value is -1.44. The van der Waals surface area contributed by atoms with Crippen LogP contribution in [-0.4, -0.2) is 33.3 Å². The highest BCUT2D eigenvalue weighted by atomic mass is 32.2. The number of ether oxygens (including phenoxy) is 1. The van der Waals surface area contributed by atoms with Crippen LogP contribution in [0.5, 0.6) is 0 Å². The molecule has 0 spiro atoms. The summed E-state index contributed by atoms with van der Waals surface area (Å²) in [5, 5.41) is -1.35. The van der Waals surface area contributed by atoms with Crippen molar-refractivity contribution in [2.75, 3.05) is 13.7 Å². The molecule has 1 aromatic carbocycles. The molecule has 0 aliphatic rings. The number of rotatable bonds is 5. The first-order chi connectivity index (χ1) is 8.04. The topological polar surface area (TPSA) is 98.5 Å². The highest BCUT2D eigenvalue weighted by Crippen LogP contribution is 2.16. The number of nitrogens with one attached hydrogen (secondary N) is 1. The molecular weight excluding hydrogens is 244 g/mol. The van der Waals surface area contributed by atoms with Gasteiger partial charge < -0.3 is 4.74 Å². The molecular formula is C10H14N2O4S. The van der Waals surface area contributed by atoms with Crippen LogP contribution in [0.25, 0.3) is 0 Å². The minimum Gasteiger partial charge on any atom is -0.468 e. The van der Waals surface area contributed by atoms with E-state index in [1.807, 2.05) is 0 Å². The van der Waals surface area contributed by atoms with E-state index < -0.39 is 21.1 Å². The van der Waals surface area contributed by atoms with Crippen LogP contribution < -0.4 is 11.3 Å². The third kappa shape index (κ3) is 3.02. The Labute approximate surface area is 99.7 Å². The van der Waals surface area contributed by atoms with E-state index in [-0.39, 0.29) is 11.4 Å². The van der Waals surface area contributed by atoms with E-state index >= 15 is 0 Å². The average Bonchev–Trinajstić information content (AvgIpc) is 2.36. The van der Waals surface area contributed by atoms with Crippen LogP contribution in [0.3, 0.4) is 0 Å². The Kier molecular flexibility index (Phi) is 4.62. The lowest BCUT2D eigenvalue weighted by atomic mass is 10.4. The van der Waals surface area contributed by atoms with Crippen LogP contribution in [0.4, 0.5) is 0 Å². The van der Waals surface area contributed by atoms with Gasteiger partial charge >= 0.3 is 5.97 Å². The fraction of sp³-hybridized carbons (Fsp3) is 0.300. The first kappa shape index (κ1) is 13.6. The first-order valence-corrected chi connectivity index (χ1v) is 6.39. The number of hydrazine groups is 1. The van der Waals surface area contributed by atoms with Crippen molar-refractivity contribution in [3.05, 3.63) is 30.3 Å². The molecule has 0 aliphatic carbocycles. The normalized spacial score (nSPS) is 13.1. The lowest BCUT2D eigenvalue weighted by molar-refractivity contribution is -0.140. The van der Waals surface area contributed by atoms with Crippen LogP contribution in [-0.2, 0) is 19.4 Å². The molecule has 0 saturated heterocycles. The summed E-state index contributed by atoms with van der Waals surface area (Å²) in [6.07, 6.45) is 0. The maximum atomic E-state index is 12.1. The van der Waals surface area contributed by atoms with Gasteiger partial charge in [-0.05, 0) is 12.1 Å². The third-order valence-corrected chi connectivity index (χ3v) is 4.25. The van der Waals surface area contributed by atoms with Gasteiger partial charge in [-0.15, -0.1) is 0 Å². The molecule has 0 radical (unpaired) electrons. The summed E-state index contributed by atoms with van der Waals surface area (Å²) >= 11 is 0. The van der Waals surface area contributed by atoms with Crippen molar-refractivity contribution in [2.24, 2.45) is 5.84 Å². The molecule has 1 aromatic rings. The average molecular weight is 258 g/mol. The Balaban J connectivity index is 3.14. The van der Waals surface area contributed by atoms with Crippen molar-refractivity contribution in [3.63, 3.8) is 0 Å². The van der Waals surface area contributed by atoms with Gasteiger partial charge in [0.1, 0.15) is 0 Å². The predicted molar refractivity (Wildman–Crippen MR) is 61.6 cm³/mol. The van der Waals surface area contributed by atoms with Gasteiger partial charge in [0.05, 0.1) is 12.0 Å². The molecule has 1 rings (SSSR count). The van der Waals surface area contributed by atoms with Crippen LogP contribution in [0, 0.1) is 0 Å².